The summed E-state index contributed by atoms with van der Waals surface area (Å²) >= 11 is 1.08. The standard InChI is InChI=1S/C13H11N9O2S/c23-9(19-16-6-8-1-3-14-4-2-8)5-10-20-22-13(25-10)18-12(24)11-15-7-17-21-11/h1-4,6-7H,5H2,(H,19,23)(H,15,17,21)(H,18,22,24)/b16-6-. The molecular formula is C13H11N9O2S. The summed E-state index contributed by atoms with van der Waals surface area (Å²) in [7, 11) is 0. The normalized spacial score (nSPS) is 10.7. The van der Waals surface area contributed by atoms with Crippen LogP contribution in [0.2, 0.25) is 0 Å². The third-order valence-corrected chi connectivity index (χ3v) is 3.58. The highest BCUT2D eigenvalue weighted by atomic mass is 32.1. The van der Waals surface area contributed by atoms with Gasteiger partial charge in [0.25, 0.3) is 5.91 Å². The number of carbonyl (C=O) groups excluding carboxylic acids is 2. The molecule has 25 heavy (non-hydrogen) atoms. The van der Waals surface area contributed by atoms with E-state index in [0.717, 1.165) is 16.9 Å². The summed E-state index contributed by atoms with van der Waals surface area (Å²) in [6, 6.07) is 3.51. The van der Waals surface area contributed by atoms with Crippen molar-refractivity contribution in [3.8, 4) is 0 Å². The highest BCUT2D eigenvalue weighted by Crippen LogP contribution is 2.16. The smallest absolute Gasteiger partial charge is 0.294 e. The zero-order chi connectivity index (χ0) is 17.5. The SMILES string of the molecule is O=C(Cc1nnc(NC(=O)c2ncn[nH]2)s1)N/N=C\c1ccncc1. The molecule has 0 radical (unpaired) electrons. The molecule has 0 aliphatic rings. The largest absolute Gasteiger partial charge is 0.294 e. The minimum absolute atomic E-state index is 0.0104. The molecule has 11 nitrogen and oxygen atoms in total. The van der Waals surface area contributed by atoms with Crippen LogP contribution in [0.5, 0.6) is 0 Å². The number of amides is 2. The van der Waals surface area contributed by atoms with E-state index in [0.29, 0.717) is 5.01 Å². The first-order chi connectivity index (χ1) is 12.2. The molecule has 3 rings (SSSR count). The third kappa shape index (κ3) is 4.71. The summed E-state index contributed by atoms with van der Waals surface area (Å²) in [6.45, 7) is 0. The molecule has 0 bridgehead atoms. The fourth-order valence-corrected chi connectivity index (χ4v) is 2.39. The molecule has 3 aromatic rings. The van der Waals surface area contributed by atoms with Crippen molar-refractivity contribution < 1.29 is 9.59 Å². The van der Waals surface area contributed by atoms with Gasteiger partial charge in [0, 0.05) is 12.4 Å². The van der Waals surface area contributed by atoms with E-state index in [1.807, 2.05) is 0 Å². The fraction of sp³-hybridized carbons (Fsp3) is 0.0769. The van der Waals surface area contributed by atoms with E-state index in [4.69, 9.17) is 0 Å². The molecule has 3 heterocycles. The molecule has 0 aliphatic carbocycles. The topological polar surface area (TPSA) is 151 Å². The minimum atomic E-state index is -0.494. The number of nitrogens with one attached hydrogen (secondary N) is 3. The number of hydrogen-bond acceptors (Lipinski definition) is 9. The molecule has 0 fully saturated rings. The lowest BCUT2D eigenvalue weighted by molar-refractivity contribution is -0.120. The number of aromatic nitrogens is 6. The summed E-state index contributed by atoms with van der Waals surface area (Å²) in [5.74, 6) is -0.791. The Balaban J connectivity index is 1.50. The van der Waals surface area contributed by atoms with Crippen molar-refractivity contribution in [1.29, 1.82) is 0 Å². The van der Waals surface area contributed by atoms with Crippen LogP contribution in [0.15, 0.2) is 36.0 Å². The Morgan fingerprint density at radius 2 is 2.12 bits per heavy atom. The summed E-state index contributed by atoms with van der Waals surface area (Å²) in [5.41, 5.74) is 3.20. The van der Waals surface area contributed by atoms with Gasteiger partial charge < -0.3 is 0 Å². The van der Waals surface area contributed by atoms with E-state index in [2.05, 4.69) is 46.2 Å². The number of nitrogens with zero attached hydrogens (tertiary/aromatic N) is 6. The summed E-state index contributed by atoms with van der Waals surface area (Å²) in [5, 5.41) is 20.7. The average Bonchev–Trinajstić information content (AvgIpc) is 3.28. The Hall–Kier alpha value is -3.54. The Kier molecular flexibility index (Phi) is 5.11. The third-order valence-electron chi connectivity index (χ3n) is 2.74. The molecule has 0 aromatic carbocycles. The number of aromatic amines is 1. The zero-order valence-corrected chi connectivity index (χ0v) is 13.4. The fourth-order valence-electron chi connectivity index (χ4n) is 1.65. The van der Waals surface area contributed by atoms with Crippen molar-refractivity contribution in [2.45, 2.75) is 6.42 Å². The van der Waals surface area contributed by atoms with Crippen LogP contribution in [0.3, 0.4) is 0 Å². The van der Waals surface area contributed by atoms with Crippen molar-refractivity contribution in [2.24, 2.45) is 5.10 Å². The molecule has 0 saturated heterocycles. The number of H-pyrrole nitrogens is 1. The molecule has 2 amide bonds. The van der Waals surface area contributed by atoms with Gasteiger partial charge in [0.2, 0.25) is 16.9 Å². The maximum Gasteiger partial charge on any atom is 0.294 e. The first kappa shape index (κ1) is 16.3. The quantitative estimate of drug-likeness (QED) is 0.415. The Morgan fingerprint density at radius 1 is 1.28 bits per heavy atom. The number of hydrogen-bond donors (Lipinski definition) is 3. The van der Waals surface area contributed by atoms with Crippen molar-refractivity contribution >= 4 is 34.5 Å². The van der Waals surface area contributed by atoms with Crippen LogP contribution in [0.25, 0.3) is 0 Å². The first-order valence-corrected chi connectivity index (χ1v) is 7.73. The van der Waals surface area contributed by atoms with E-state index >= 15 is 0 Å². The second kappa shape index (κ2) is 7.83. The molecule has 0 spiro atoms. The van der Waals surface area contributed by atoms with E-state index in [1.165, 1.54) is 12.5 Å². The average molecular weight is 357 g/mol. The Bertz CT molecular complexity index is 876. The summed E-state index contributed by atoms with van der Waals surface area (Å²) in [4.78, 5) is 31.2. The summed E-state index contributed by atoms with van der Waals surface area (Å²) < 4.78 is 0. The Labute approximate surface area is 144 Å². The zero-order valence-electron chi connectivity index (χ0n) is 12.6. The van der Waals surface area contributed by atoms with E-state index in [-0.39, 0.29) is 23.3 Å². The molecule has 0 unspecified atom stereocenters. The summed E-state index contributed by atoms with van der Waals surface area (Å²) in [6.07, 6.45) is 5.96. The number of carbonyl (C=O) groups is 2. The monoisotopic (exact) mass is 357 g/mol. The van der Waals surface area contributed by atoms with Crippen LogP contribution in [-0.4, -0.2) is 48.4 Å². The van der Waals surface area contributed by atoms with Crippen molar-refractivity contribution in [3.63, 3.8) is 0 Å². The van der Waals surface area contributed by atoms with Gasteiger partial charge in [-0.25, -0.2) is 10.4 Å². The number of hydrazone groups is 1. The second-order valence-electron chi connectivity index (χ2n) is 4.54. The van der Waals surface area contributed by atoms with Crippen molar-refractivity contribution in [3.05, 3.63) is 47.2 Å². The first-order valence-electron chi connectivity index (χ1n) is 6.92. The second-order valence-corrected chi connectivity index (χ2v) is 5.60. The lowest BCUT2D eigenvalue weighted by Gasteiger charge is -1.96. The number of pyridine rings is 1. The lowest BCUT2D eigenvalue weighted by Crippen LogP contribution is -2.19. The van der Waals surface area contributed by atoms with E-state index < -0.39 is 5.91 Å². The van der Waals surface area contributed by atoms with Gasteiger partial charge in [-0.3, -0.25) is 25.0 Å². The molecule has 0 atom stereocenters. The van der Waals surface area contributed by atoms with Gasteiger partial charge in [0.1, 0.15) is 11.3 Å². The van der Waals surface area contributed by atoms with Crippen LogP contribution in [0, 0.1) is 0 Å². The van der Waals surface area contributed by atoms with Gasteiger partial charge in [-0.15, -0.1) is 10.2 Å². The van der Waals surface area contributed by atoms with Crippen LogP contribution < -0.4 is 10.7 Å². The number of rotatable bonds is 6. The van der Waals surface area contributed by atoms with Gasteiger partial charge in [0.05, 0.1) is 12.6 Å². The van der Waals surface area contributed by atoms with E-state index in [9.17, 15) is 9.59 Å². The van der Waals surface area contributed by atoms with Gasteiger partial charge in [0.15, 0.2) is 0 Å². The molecule has 126 valence electrons. The van der Waals surface area contributed by atoms with Crippen LogP contribution in [0.4, 0.5) is 5.13 Å². The van der Waals surface area contributed by atoms with Gasteiger partial charge in [-0.2, -0.15) is 10.2 Å². The van der Waals surface area contributed by atoms with Crippen molar-refractivity contribution in [1.82, 2.24) is 35.8 Å². The van der Waals surface area contributed by atoms with Gasteiger partial charge >= 0.3 is 0 Å². The maximum atomic E-state index is 11.8. The molecule has 12 heteroatoms. The lowest BCUT2D eigenvalue weighted by atomic mass is 10.3. The van der Waals surface area contributed by atoms with Crippen LogP contribution in [-0.2, 0) is 11.2 Å². The van der Waals surface area contributed by atoms with Crippen molar-refractivity contribution in [2.75, 3.05) is 5.32 Å². The molecular weight excluding hydrogens is 346 g/mol. The molecule has 0 saturated carbocycles. The van der Waals surface area contributed by atoms with Crippen LogP contribution in [0.1, 0.15) is 21.2 Å². The predicted molar refractivity (Wildman–Crippen MR) is 87.9 cm³/mol. The van der Waals surface area contributed by atoms with Gasteiger partial charge in [-0.1, -0.05) is 11.3 Å². The minimum Gasteiger partial charge on any atom is -0.294 e. The van der Waals surface area contributed by atoms with Crippen LogP contribution >= 0.6 is 11.3 Å². The molecule has 3 N–H and O–H groups in total. The molecule has 0 aliphatic heterocycles. The van der Waals surface area contributed by atoms with Gasteiger partial charge in [-0.05, 0) is 17.7 Å². The Morgan fingerprint density at radius 3 is 2.88 bits per heavy atom. The van der Waals surface area contributed by atoms with E-state index in [1.54, 1.807) is 24.5 Å². The highest BCUT2D eigenvalue weighted by molar-refractivity contribution is 7.15. The molecule has 3 aromatic heterocycles. The number of anilines is 1. The maximum absolute atomic E-state index is 11.8. The highest BCUT2D eigenvalue weighted by Gasteiger charge is 2.13. The predicted octanol–water partition coefficient (Wildman–Crippen LogP) is -0.00370.